The van der Waals surface area contributed by atoms with Crippen LogP contribution < -0.4 is 5.73 Å². The SMILES string of the molecule is CC(N)C(C)C(C)CN(C)CCN(C)C(C)C. The summed E-state index contributed by atoms with van der Waals surface area (Å²) >= 11 is 0. The molecule has 0 fully saturated rings. The first-order valence-electron chi connectivity index (χ1n) is 6.90. The Morgan fingerprint density at radius 2 is 1.47 bits per heavy atom. The van der Waals surface area contributed by atoms with E-state index in [4.69, 9.17) is 5.73 Å². The van der Waals surface area contributed by atoms with E-state index in [1.54, 1.807) is 0 Å². The topological polar surface area (TPSA) is 32.5 Å². The fourth-order valence-electron chi connectivity index (χ4n) is 1.85. The molecule has 0 amide bonds. The van der Waals surface area contributed by atoms with E-state index in [2.05, 4.69) is 58.5 Å². The van der Waals surface area contributed by atoms with Gasteiger partial charge in [0.1, 0.15) is 0 Å². The van der Waals surface area contributed by atoms with Crippen LogP contribution >= 0.6 is 0 Å². The van der Waals surface area contributed by atoms with E-state index in [9.17, 15) is 0 Å². The van der Waals surface area contributed by atoms with Gasteiger partial charge >= 0.3 is 0 Å². The first-order valence-corrected chi connectivity index (χ1v) is 6.90. The van der Waals surface area contributed by atoms with Crippen molar-refractivity contribution in [3.8, 4) is 0 Å². The highest BCUT2D eigenvalue weighted by Gasteiger charge is 2.17. The van der Waals surface area contributed by atoms with E-state index in [1.165, 1.54) is 0 Å². The molecule has 0 saturated heterocycles. The van der Waals surface area contributed by atoms with E-state index in [-0.39, 0.29) is 6.04 Å². The molecule has 104 valence electrons. The third kappa shape index (κ3) is 7.02. The summed E-state index contributed by atoms with van der Waals surface area (Å²) in [5, 5.41) is 0. The summed E-state index contributed by atoms with van der Waals surface area (Å²) in [6.07, 6.45) is 0. The van der Waals surface area contributed by atoms with E-state index in [0.717, 1.165) is 19.6 Å². The molecule has 0 bridgehead atoms. The average Bonchev–Trinajstić information content (AvgIpc) is 2.24. The van der Waals surface area contributed by atoms with E-state index in [1.807, 2.05) is 0 Å². The highest BCUT2D eigenvalue weighted by Crippen LogP contribution is 2.14. The molecule has 0 saturated carbocycles. The second-order valence-electron chi connectivity index (χ2n) is 6.03. The van der Waals surface area contributed by atoms with Crippen LogP contribution in [0, 0.1) is 11.8 Å². The van der Waals surface area contributed by atoms with Crippen molar-refractivity contribution in [1.82, 2.24) is 9.80 Å². The molecule has 0 aromatic rings. The third-order valence-electron chi connectivity index (χ3n) is 4.04. The molecule has 0 spiro atoms. The lowest BCUT2D eigenvalue weighted by Crippen LogP contribution is -2.39. The minimum absolute atomic E-state index is 0.289. The second-order valence-corrected chi connectivity index (χ2v) is 6.03. The van der Waals surface area contributed by atoms with E-state index in [0.29, 0.717) is 17.9 Å². The Morgan fingerprint density at radius 1 is 0.941 bits per heavy atom. The summed E-state index contributed by atoms with van der Waals surface area (Å²) in [7, 11) is 4.39. The van der Waals surface area contributed by atoms with Crippen LogP contribution in [0.3, 0.4) is 0 Å². The quantitative estimate of drug-likeness (QED) is 0.706. The molecular formula is C14H33N3. The predicted octanol–water partition coefficient (Wildman–Crippen LogP) is 1.88. The van der Waals surface area contributed by atoms with Gasteiger partial charge in [-0.25, -0.2) is 0 Å². The lowest BCUT2D eigenvalue weighted by molar-refractivity contribution is 0.189. The van der Waals surface area contributed by atoms with Gasteiger partial charge < -0.3 is 15.5 Å². The first kappa shape index (κ1) is 16.9. The Labute approximate surface area is 108 Å². The number of nitrogens with two attached hydrogens (primary N) is 1. The van der Waals surface area contributed by atoms with Gasteiger partial charge in [-0.2, -0.15) is 0 Å². The molecule has 0 aliphatic heterocycles. The van der Waals surface area contributed by atoms with Crippen LogP contribution in [-0.4, -0.2) is 55.6 Å². The van der Waals surface area contributed by atoms with Crippen molar-refractivity contribution in [1.29, 1.82) is 0 Å². The molecule has 17 heavy (non-hydrogen) atoms. The summed E-state index contributed by atoms with van der Waals surface area (Å²) in [5.74, 6) is 1.24. The van der Waals surface area contributed by atoms with Crippen LogP contribution in [0.15, 0.2) is 0 Å². The molecule has 3 heteroatoms. The summed E-state index contributed by atoms with van der Waals surface area (Å²) in [6, 6.07) is 0.917. The van der Waals surface area contributed by atoms with Crippen molar-refractivity contribution in [3.63, 3.8) is 0 Å². The Kier molecular flexibility index (Phi) is 8.01. The Bertz CT molecular complexity index is 192. The van der Waals surface area contributed by atoms with Crippen LogP contribution in [0.2, 0.25) is 0 Å². The van der Waals surface area contributed by atoms with Gasteiger partial charge in [0.25, 0.3) is 0 Å². The van der Waals surface area contributed by atoms with Crippen LogP contribution in [0.25, 0.3) is 0 Å². The number of likely N-dealkylation sites (N-methyl/N-ethyl adjacent to an activating group) is 2. The van der Waals surface area contributed by atoms with Crippen LogP contribution in [0.1, 0.15) is 34.6 Å². The fraction of sp³-hybridized carbons (Fsp3) is 1.00. The molecule has 0 aliphatic carbocycles. The largest absolute Gasteiger partial charge is 0.328 e. The molecule has 0 aliphatic rings. The maximum absolute atomic E-state index is 5.95. The van der Waals surface area contributed by atoms with Crippen LogP contribution in [-0.2, 0) is 0 Å². The van der Waals surface area contributed by atoms with Gasteiger partial charge in [0.2, 0.25) is 0 Å². The Morgan fingerprint density at radius 3 is 1.88 bits per heavy atom. The summed E-state index contributed by atoms with van der Waals surface area (Å²) in [4.78, 5) is 4.80. The predicted molar refractivity (Wildman–Crippen MR) is 77.2 cm³/mol. The van der Waals surface area contributed by atoms with E-state index < -0.39 is 0 Å². The Balaban J connectivity index is 3.89. The summed E-state index contributed by atoms with van der Waals surface area (Å²) < 4.78 is 0. The van der Waals surface area contributed by atoms with Crippen molar-refractivity contribution in [2.24, 2.45) is 17.6 Å². The average molecular weight is 243 g/mol. The van der Waals surface area contributed by atoms with Gasteiger partial charge in [0, 0.05) is 31.7 Å². The van der Waals surface area contributed by atoms with Gasteiger partial charge in [0.15, 0.2) is 0 Å². The van der Waals surface area contributed by atoms with Crippen LogP contribution in [0.5, 0.6) is 0 Å². The minimum Gasteiger partial charge on any atom is -0.328 e. The van der Waals surface area contributed by atoms with Gasteiger partial charge in [-0.05, 0) is 46.7 Å². The zero-order valence-corrected chi connectivity index (χ0v) is 12.9. The lowest BCUT2D eigenvalue weighted by atomic mass is 9.90. The highest BCUT2D eigenvalue weighted by molar-refractivity contribution is 4.72. The molecular weight excluding hydrogens is 210 g/mol. The number of hydrogen-bond donors (Lipinski definition) is 1. The van der Waals surface area contributed by atoms with Crippen molar-refractivity contribution in [2.75, 3.05) is 33.7 Å². The van der Waals surface area contributed by atoms with Gasteiger partial charge in [0.05, 0.1) is 0 Å². The first-order chi connectivity index (χ1) is 7.75. The molecule has 3 atom stereocenters. The van der Waals surface area contributed by atoms with Crippen LogP contribution in [0.4, 0.5) is 0 Å². The zero-order valence-electron chi connectivity index (χ0n) is 12.9. The zero-order chi connectivity index (χ0) is 13.6. The molecule has 3 unspecified atom stereocenters. The molecule has 0 aromatic heterocycles. The van der Waals surface area contributed by atoms with Gasteiger partial charge in [-0.15, -0.1) is 0 Å². The van der Waals surface area contributed by atoms with Crippen molar-refractivity contribution >= 4 is 0 Å². The molecule has 2 N–H and O–H groups in total. The maximum Gasteiger partial charge on any atom is 0.0109 e. The Hall–Kier alpha value is -0.120. The fourth-order valence-corrected chi connectivity index (χ4v) is 1.85. The molecule has 0 aromatic carbocycles. The smallest absolute Gasteiger partial charge is 0.0109 e. The highest BCUT2D eigenvalue weighted by atomic mass is 15.2. The lowest BCUT2D eigenvalue weighted by Gasteiger charge is -2.29. The summed E-state index contributed by atoms with van der Waals surface area (Å²) in [5.41, 5.74) is 5.95. The molecule has 0 rings (SSSR count). The van der Waals surface area contributed by atoms with Gasteiger partial charge in [-0.3, -0.25) is 0 Å². The maximum atomic E-state index is 5.95. The molecule has 0 radical (unpaired) electrons. The minimum atomic E-state index is 0.289. The van der Waals surface area contributed by atoms with Crippen molar-refractivity contribution < 1.29 is 0 Å². The van der Waals surface area contributed by atoms with E-state index >= 15 is 0 Å². The molecule has 3 nitrogen and oxygen atoms in total. The monoisotopic (exact) mass is 243 g/mol. The normalized spacial score (nSPS) is 17.8. The molecule has 0 heterocycles. The second kappa shape index (κ2) is 8.06. The number of rotatable bonds is 8. The number of nitrogens with zero attached hydrogens (tertiary/aromatic N) is 2. The third-order valence-corrected chi connectivity index (χ3v) is 4.04. The van der Waals surface area contributed by atoms with Gasteiger partial charge in [-0.1, -0.05) is 13.8 Å². The van der Waals surface area contributed by atoms with Crippen molar-refractivity contribution in [2.45, 2.75) is 46.7 Å². The van der Waals surface area contributed by atoms with Crippen molar-refractivity contribution in [3.05, 3.63) is 0 Å². The summed E-state index contributed by atoms with van der Waals surface area (Å²) in [6.45, 7) is 14.5. The standard InChI is InChI=1S/C14H33N3/c1-11(2)17(7)9-8-16(6)10-12(3)13(4)14(5)15/h11-14H,8-10,15H2,1-7H3. The number of hydrogen-bond acceptors (Lipinski definition) is 3.